The molecular formula is C16H18O6S2. The fourth-order valence-corrected chi connectivity index (χ4v) is 3.76. The first-order valence-corrected chi connectivity index (χ1v) is 9.80. The Morgan fingerprint density at radius 3 is 1.58 bits per heavy atom. The van der Waals surface area contributed by atoms with Crippen molar-refractivity contribution in [1.29, 1.82) is 0 Å². The molecule has 0 saturated heterocycles. The lowest BCUT2D eigenvalue weighted by Crippen LogP contribution is -2.01. The third kappa shape index (κ3) is 4.44. The van der Waals surface area contributed by atoms with Crippen LogP contribution in [-0.2, 0) is 10.1 Å². The zero-order valence-electron chi connectivity index (χ0n) is 13.0. The summed E-state index contributed by atoms with van der Waals surface area (Å²) in [7, 11) is -8.32. The molecule has 0 aliphatic rings. The third-order valence-electron chi connectivity index (χ3n) is 3.35. The normalized spacial score (nSPS) is 13.4. The Morgan fingerprint density at radius 2 is 1.17 bits per heavy atom. The molecule has 0 aliphatic carbocycles. The van der Waals surface area contributed by atoms with Gasteiger partial charge in [-0.2, -0.15) is 8.42 Å². The predicted molar refractivity (Wildman–Crippen MR) is 94.8 cm³/mol. The quantitative estimate of drug-likeness (QED) is 0.471. The monoisotopic (exact) mass is 370 g/mol. The third-order valence-corrected chi connectivity index (χ3v) is 5.21. The molecule has 0 aromatic heterocycles. The van der Waals surface area contributed by atoms with Crippen LogP contribution in [0, 0.1) is 13.8 Å². The minimum atomic E-state index is -4.40. The van der Waals surface area contributed by atoms with Crippen LogP contribution < -0.4 is 0 Å². The van der Waals surface area contributed by atoms with Gasteiger partial charge in [0.05, 0.1) is 4.90 Å². The minimum Gasteiger partial charge on any atom is -0.304 e. The Morgan fingerprint density at radius 1 is 0.750 bits per heavy atom. The number of hydrogen-bond acceptors (Lipinski definition) is 5. The fraction of sp³-hybridized carbons (Fsp3) is 0.125. The van der Waals surface area contributed by atoms with Gasteiger partial charge in [-0.15, -0.1) is 0 Å². The summed E-state index contributed by atoms with van der Waals surface area (Å²) < 4.78 is 60.9. The largest absolute Gasteiger partial charge is 0.304 e. The molecule has 0 heterocycles. The van der Waals surface area contributed by atoms with Crippen LogP contribution in [0.5, 0.6) is 0 Å². The van der Waals surface area contributed by atoms with Crippen molar-refractivity contribution >= 4 is 33.1 Å². The second kappa shape index (κ2) is 6.67. The molecule has 0 aliphatic heterocycles. The Kier molecular flexibility index (Phi) is 5.19. The number of hydrogen-bond donors (Lipinski definition) is 4. The van der Waals surface area contributed by atoms with E-state index >= 15 is 0 Å². The van der Waals surface area contributed by atoms with E-state index in [4.69, 9.17) is 0 Å². The van der Waals surface area contributed by atoms with E-state index in [2.05, 4.69) is 0 Å². The van der Waals surface area contributed by atoms with Crippen molar-refractivity contribution in [2.45, 2.75) is 23.6 Å². The highest BCUT2D eigenvalue weighted by atomic mass is 32.3. The second-order valence-electron chi connectivity index (χ2n) is 5.41. The topological polar surface area (TPSA) is 115 Å². The molecule has 0 bridgehead atoms. The zero-order chi connectivity index (χ0) is 18.1. The van der Waals surface area contributed by atoms with Gasteiger partial charge in [0, 0.05) is 0 Å². The van der Waals surface area contributed by atoms with Crippen LogP contribution in [0.2, 0.25) is 0 Å². The molecule has 4 N–H and O–H groups in total. The highest BCUT2D eigenvalue weighted by molar-refractivity contribution is 8.19. The zero-order valence-corrected chi connectivity index (χ0v) is 14.7. The van der Waals surface area contributed by atoms with E-state index in [9.17, 15) is 26.6 Å². The molecule has 0 radical (unpaired) electrons. The van der Waals surface area contributed by atoms with Gasteiger partial charge in [-0.1, -0.05) is 36.4 Å². The van der Waals surface area contributed by atoms with Crippen molar-refractivity contribution in [1.82, 2.24) is 0 Å². The molecule has 0 saturated carbocycles. The molecule has 24 heavy (non-hydrogen) atoms. The summed E-state index contributed by atoms with van der Waals surface area (Å²) in [6.45, 7) is 3.43. The van der Waals surface area contributed by atoms with Crippen molar-refractivity contribution in [2.24, 2.45) is 0 Å². The minimum absolute atomic E-state index is 0.0562. The summed E-state index contributed by atoms with van der Waals surface area (Å²) in [4.78, 5) is -0.303. The SMILES string of the molecule is Cc1ccc(C=Cc2ccc(C)cc2S(=O)(=O)O)c(S(O)(O)O)c1. The Labute approximate surface area is 142 Å². The van der Waals surface area contributed by atoms with E-state index in [0.717, 1.165) is 5.56 Å². The van der Waals surface area contributed by atoms with Gasteiger partial charge in [0.15, 0.2) is 0 Å². The lowest BCUT2D eigenvalue weighted by Gasteiger charge is -2.21. The Hall–Kier alpha value is -1.68. The van der Waals surface area contributed by atoms with Gasteiger partial charge in [-0.05, 0) is 48.2 Å². The summed E-state index contributed by atoms with van der Waals surface area (Å²) in [5.74, 6) is 0. The lowest BCUT2D eigenvalue weighted by atomic mass is 10.1. The second-order valence-corrected chi connectivity index (χ2v) is 8.28. The van der Waals surface area contributed by atoms with Crippen molar-refractivity contribution in [3.05, 3.63) is 58.7 Å². The van der Waals surface area contributed by atoms with Crippen LogP contribution in [0.4, 0.5) is 0 Å². The standard InChI is InChI=1S/C16H18O6S2/c1-11-3-5-13(15(9-11)23(17,18)19)7-8-14-6-4-12(2)10-16(14)24(20,21)22/h3-10,17-19H,1-2H3,(H,20,21,22). The van der Waals surface area contributed by atoms with E-state index in [1.165, 1.54) is 30.4 Å². The van der Waals surface area contributed by atoms with Gasteiger partial charge in [-0.25, -0.2) is 0 Å². The van der Waals surface area contributed by atoms with Crippen molar-refractivity contribution in [3.8, 4) is 0 Å². The van der Waals surface area contributed by atoms with Crippen molar-refractivity contribution in [2.75, 3.05) is 0 Å². The Balaban J connectivity index is 2.55. The summed E-state index contributed by atoms with van der Waals surface area (Å²) in [5, 5.41) is 0. The average molecular weight is 370 g/mol. The molecule has 0 spiro atoms. The first kappa shape index (κ1) is 18.7. The molecule has 8 heteroatoms. The summed E-state index contributed by atoms with van der Waals surface area (Å²) in [6, 6.07) is 9.28. The predicted octanol–water partition coefficient (Wildman–Crippen LogP) is 4.30. The molecule has 2 aromatic rings. The summed E-state index contributed by atoms with van der Waals surface area (Å²) in [5.41, 5.74) is 1.96. The van der Waals surface area contributed by atoms with E-state index in [0.29, 0.717) is 11.1 Å². The van der Waals surface area contributed by atoms with Gasteiger partial charge in [0.25, 0.3) is 10.1 Å². The first-order chi connectivity index (χ1) is 11.0. The van der Waals surface area contributed by atoms with Crippen LogP contribution in [0.3, 0.4) is 0 Å². The van der Waals surface area contributed by atoms with Gasteiger partial charge >= 0.3 is 0 Å². The summed E-state index contributed by atoms with van der Waals surface area (Å²) in [6.07, 6.45) is 2.86. The maximum atomic E-state index is 11.5. The van der Waals surface area contributed by atoms with Crippen LogP contribution in [0.15, 0.2) is 46.2 Å². The smallest absolute Gasteiger partial charge is 0.295 e. The highest BCUT2D eigenvalue weighted by Gasteiger charge is 2.19. The van der Waals surface area contributed by atoms with Gasteiger partial charge in [0.2, 0.25) is 0 Å². The van der Waals surface area contributed by atoms with Crippen LogP contribution in [-0.4, -0.2) is 26.6 Å². The van der Waals surface area contributed by atoms with Crippen molar-refractivity contribution < 1.29 is 26.6 Å². The Bertz CT molecular complexity index is 895. The van der Waals surface area contributed by atoms with E-state index in [-0.39, 0.29) is 15.4 Å². The molecule has 0 fully saturated rings. The summed E-state index contributed by atoms with van der Waals surface area (Å²) >= 11 is 0. The van der Waals surface area contributed by atoms with Gasteiger partial charge in [0.1, 0.15) is 15.8 Å². The van der Waals surface area contributed by atoms with Crippen LogP contribution in [0.25, 0.3) is 12.2 Å². The van der Waals surface area contributed by atoms with Crippen LogP contribution >= 0.6 is 10.9 Å². The molecule has 0 unspecified atom stereocenters. The van der Waals surface area contributed by atoms with Crippen molar-refractivity contribution in [3.63, 3.8) is 0 Å². The maximum absolute atomic E-state index is 11.5. The van der Waals surface area contributed by atoms with E-state index < -0.39 is 21.0 Å². The molecule has 2 aromatic carbocycles. The van der Waals surface area contributed by atoms with Crippen LogP contribution in [0.1, 0.15) is 22.3 Å². The van der Waals surface area contributed by atoms with Gasteiger partial charge in [-0.3, -0.25) is 4.55 Å². The number of rotatable bonds is 4. The number of benzene rings is 2. The first-order valence-electron chi connectivity index (χ1n) is 6.86. The number of aryl methyl sites for hydroxylation is 2. The van der Waals surface area contributed by atoms with E-state index in [1.54, 1.807) is 32.0 Å². The average Bonchev–Trinajstić information content (AvgIpc) is 2.45. The highest BCUT2D eigenvalue weighted by Crippen LogP contribution is 2.46. The fourth-order valence-electron chi connectivity index (χ4n) is 2.20. The molecule has 2 rings (SSSR count). The lowest BCUT2D eigenvalue weighted by molar-refractivity contribution is 0.375. The molecule has 130 valence electrons. The molecular weight excluding hydrogens is 352 g/mol. The molecule has 6 nitrogen and oxygen atoms in total. The van der Waals surface area contributed by atoms with Gasteiger partial charge < -0.3 is 13.7 Å². The molecule has 0 amide bonds. The molecule has 0 atom stereocenters. The van der Waals surface area contributed by atoms with E-state index in [1.807, 2.05) is 0 Å². The maximum Gasteiger partial charge on any atom is 0.295 e.